The van der Waals surface area contributed by atoms with Crippen LogP contribution in [0.15, 0.2) is 0 Å². The van der Waals surface area contributed by atoms with Gasteiger partial charge in [-0.05, 0) is 20.8 Å². The molecule has 0 radical (unpaired) electrons. The van der Waals surface area contributed by atoms with Crippen molar-refractivity contribution in [2.75, 3.05) is 0 Å². The Bertz CT molecular complexity index is 305. The molecule has 1 N–H and O–H groups in total. The van der Waals surface area contributed by atoms with Gasteiger partial charge in [-0.1, -0.05) is 13.8 Å². The van der Waals surface area contributed by atoms with Gasteiger partial charge in [0.15, 0.2) is 0 Å². The average molecular weight is 213 g/mol. The second kappa shape index (κ2) is 3.30. The Labute approximate surface area is 90.3 Å². The molecule has 1 aliphatic rings. The molecule has 0 bridgehead atoms. The molecule has 0 saturated carbocycles. The van der Waals surface area contributed by atoms with E-state index in [0.717, 1.165) is 0 Å². The van der Waals surface area contributed by atoms with Crippen LogP contribution in [0.25, 0.3) is 0 Å². The molecule has 1 heterocycles. The summed E-state index contributed by atoms with van der Waals surface area (Å²) in [6.45, 7) is 8.51. The molecule has 0 aromatic rings. The van der Waals surface area contributed by atoms with Gasteiger partial charge in [0.2, 0.25) is 11.8 Å². The SMILES string of the molecule is CC(O)C(C)(C)N1C(=O)CC(C)(C)C1=O. The normalized spacial score (nSPS) is 23.5. The quantitative estimate of drug-likeness (QED) is 0.694. The lowest BCUT2D eigenvalue weighted by atomic mass is 9.91. The number of carbonyl (C=O) groups is 2. The molecule has 1 fully saturated rings. The molecule has 15 heavy (non-hydrogen) atoms. The van der Waals surface area contributed by atoms with Crippen LogP contribution < -0.4 is 0 Å². The standard InChI is InChI=1S/C11H19NO3/c1-7(13)11(4,5)12-8(14)6-10(2,3)9(12)15/h7,13H,6H2,1-5H3. The molecule has 1 saturated heterocycles. The van der Waals surface area contributed by atoms with Crippen LogP contribution in [0.2, 0.25) is 0 Å². The molecule has 4 heteroatoms. The van der Waals surface area contributed by atoms with E-state index >= 15 is 0 Å². The summed E-state index contributed by atoms with van der Waals surface area (Å²) in [5, 5.41) is 9.60. The number of rotatable bonds is 2. The highest BCUT2D eigenvalue weighted by Crippen LogP contribution is 2.37. The topological polar surface area (TPSA) is 57.6 Å². The third-order valence-corrected chi connectivity index (χ3v) is 3.22. The van der Waals surface area contributed by atoms with E-state index in [4.69, 9.17) is 0 Å². The van der Waals surface area contributed by atoms with Crippen molar-refractivity contribution in [3.63, 3.8) is 0 Å². The summed E-state index contributed by atoms with van der Waals surface area (Å²) in [6, 6.07) is 0. The molecular formula is C11H19NO3. The van der Waals surface area contributed by atoms with Crippen LogP contribution in [-0.4, -0.2) is 33.5 Å². The molecule has 1 atom stereocenters. The van der Waals surface area contributed by atoms with E-state index in [0.29, 0.717) is 0 Å². The summed E-state index contributed by atoms with van der Waals surface area (Å²) in [7, 11) is 0. The van der Waals surface area contributed by atoms with Gasteiger partial charge in [-0.15, -0.1) is 0 Å². The number of imide groups is 1. The number of nitrogens with zero attached hydrogens (tertiary/aromatic N) is 1. The van der Waals surface area contributed by atoms with Crippen molar-refractivity contribution in [2.45, 2.75) is 52.7 Å². The second-order valence-electron chi connectivity index (χ2n) is 5.42. The first kappa shape index (κ1) is 12.2. The van der Waals surface area contributed by atoms with Crippen LogP contribution in [0.3, 0.4) is 0 Å². The van der Waals surface area contributed by atoms with Gasteiger partial charge in [0.1, 0.15) is 0 Å². The predicted molar refractivity (Wildman–Crippen MR) is 56.0 cm³/mol. The lowest BCUT2D eigenvalue weighted by molar-refractivity contribution is -0.151. The first-order chi connectivity index (χ1) is 6.60. The van der Waals surface area contributed by atoms with Crippen molar-refractivity contribution in [1.82, 2.24) is 4.90 Å². The van der Waals surface area contributed by atoms with E-state index in [2.05, 4.69) is 0 Å². The van der Waals surface area contributed by atoms with Crippen molar-refractivity contribution in [2.24, 2.45) is 5.41 Å². The molecule has 1 unspecified atom stereocenters. The van der Waals surface area contributed by atoms with Gasteiger partial charge < -0.3 is 5.11 Å². The molecule has 2 amide bonds. The van der Waals surface area contributed by atoms with Gasteiger partial charge in [0.25, 0.3) is 0 Å². The van der Waals surface area contributed by atoms with E-state index < -0.39 is 17.1 Å². The van der Waals surface area contributed by atoms with E-state index in [1.54, 1.807) is 34.6 Å². The molecule has 0 aliphatic carbocycles. The highest BCUT2D eigenvalue weighted by Gasteiger charge is 2.51. The predicted octanol–water partition coefficient (Wildman–Crippen LogP) is 0.931. The highest BCUT2D eigenvalue weighted by molar-refractivity contribution is 6.06. The van der Waals surface area contributed by atoms with Crippen molar-refractivity contribution < 1.29 is 14.7 Å². The van der Waals surface area contributed by atoms with Crippen LogP contribution in [-0.2, 0) is 9.59 Å². The van der Waals surface area contributed by atoms with E-state index in [9.17, 15) is 14.7 Å². The van der Waals surface area contributed by atoms with Crippen LogP contribution in [0, 0.1) is 5.41 Å². The third-order valence-electron chi connectivity index (χ3n) is 3.22. The van der Waals surface area contributed by atoms with Crippen LogP contribution in [0.5, 0.6) is 0 Å². The minimum atomic E-state index is -0.831. The van der Waals surface area contributed by atoms with Gasteiger partial charge in [0.05, 0.1) is 17.1 Å². The summed E-state index contributed by atoms with van der Waals surface area (Å²) < 4.78 is 0. The molecule has 86 valence electrons. The Morgan fingerprint density at radius 2 is 1.87 bits per heavy atom. The summed E-state index contributed by atoms with van der Waals surface area (Å²) in [4.78, 5) is 24.9. The van der Waals surface area contributed by atoms with Gasteiger partial charge in [-0.2, -0.15) is 0 Å². The summed E-state index contributed by atoms with van der Waals surface area (Å²) >= 11 is 0. The largest absolute Gasteiger partial charge is 0.391 e. The zero-order chi connectivity index (χ0) is 12.0. The highest BCUT2D eigenvalue weighted by atomic mass is 16.3. The monoisotopic (exact) mass is 213 g/mol. The zero-order valence-corrected chi connectivity index (χ0v) is 10.00. The zero-order valence-electron chi connectivity index (χ0n) is 10.00. The maximum absolute atomic E-state index is 12.0. The summed E-state index contributed by atoms with van der Waals surface area (Å²) in [5.74, 6) is -0.394. The van der Waals surface area contributed by atoms with Crippen molar-refractivity contribution in [3.05, 3.63) is 0 Å². The number of aliphatic hydroxyl groups is 1. The molecule has 4 nitrogen and oxygen atoms in total. The summed E-state index contributed by atoms with van der Waals surface area (Å²) in [6.07, 6.45) is -0.513. The third kappa shape index (κ3) is 1.78. The first-order valence-electron chi connectivity index (χ1n) is 5.16. The van der Waals surface area contributed by atoms with E-state index in [1.807, 2.05) is 0 Å². The fourth-order valence-electron chi connectivity index (χ4n) is 1.72. The smallest absolute Gasteiger partial charge is 0.235 e. The Hall–Kier alpha value is -0.900. The molecule has 0 aromatic carbocycles. The number of hydrogen-bond acceptors (Lipinski definition) is 3. The van der Waals surface area contributed by atoms with Crippen molar-refractivity contribution in [3.8, 4) is 0 Å². The lowest BCUT2D eigenvalue weighted by Gasteiger charge is -2.37. The molecule has 0 aromatic heterocycles. The molecule has 1 aliphatic heterocycles. The maximum Gasteiger partial charge on any atom is 0.235 e. The van der Waals surface area contributed by atoms with Crippen molar-refractivity contribution >= 4 is 11.8 Å². The Morgan fingerprint density at radius 1 is 1.40 bits per heavy atom. The van der Waals surface area contributed by atoms with E-state index in [1.165, 1.54) is 4.90 Å². The fraction of sp³-hybridized carbons (Fsp3) is 0.818. The van der Waals surface area contributed by atoms with Crippen molar-refractivity contribution in [1.29, 1.82) is 0 Å². The molecule has 1 rings (SSSR count). The van der Waals surface area contributed by atoms with Crippen LogP contribution in [0.1, 0.15) is 41.0 Å². The average Bonchev–Trinajstić information content (AvgIpc) is 2.20. The van der Waals surface area contributed by atoms with Crippen LogP contribution >= 0.6 is 0 Å². The van der Waals surface area contributed by atoms with Gasteiger partial charge in [0, 0.05) is 6.42 Å². The van der Waals surface area contributed by atoms with E-state index in [-0.39, 0.29) is 18.2 Å². The Kier molecular flexibility index (Phi) is 2.68. The fourth-order valence-corrected chi connectivity index (χ4v) is 1.72. The van der Waals surface area contributed by atoms with Crippen LogP contribution in [0.4, 0.5) is 0 Å². The molecular weight excluding hydrogens is 194 g/mol. The number of aliphatic hydroxyl groups excluding tert-OH is 1. The number of hydrogen-bond donors (Lipinski definition) is 1. The number of carbonyl (C=O) groups excluding carboxylic acids is 2. The maximum atomic E-state index is 12.0. The summed E-state index contributed by atoms with van der Waals surface area (Å²) in [5.41, 5.74) is -1.47. The van der Waals surface area contributed by atoms with Gasteiger partial charge in [-0.25, -0.2) is 0 Å². The first-order valence-corrected chi connectivity index (χ1v) is 5.16. The van der Waals surface area contributed by atoms with Gasteiger partial charge in [-0.3, -0.25) is 14.5 Å². The number of likely N-dealkylation sites (tertiary alicyclic amines) is 1. The minimum absolute atomic E-state index is 0.196. The Morgan fingerprint density at radius 3 is 2.13 bits per heavy atom. The number of amides is 2. The Balaban J connectivity index is 3.08. The lowest BCUT2D eigenvalue weighted by Crippen LogP contribution is -2.54. The second-order valence-corrected chi connectivity index (χ2v) is 5.42. The minimum Gasteiger partial charge on any atom is -0.391 e. The molecule has 0 spiro atoms. The van der Waals surface area contributed by atoms with Gasteiger partial charge >= 0.3 is 0 Å².